The van der Waals surface area contributed by atoms with E-state index in [0.29, 0.717) is 13.2 Å². The molecule has 0 aromatic carbocycles. The van der Waals surface area contributed by atoms with Crippen LogP contribution in [0.3, 0.4) is 0 Å². The predicted octanol–water partition coefficient (Wildman–Crippen LogP) is -0.485. The van der Waals surface area contributed by atoms with Crippen molar-refractivity contribution in [2.24, 2.45) is 11.5 Å². The number of rotatable bonds is 0. The average molecular weight is 175 g/mol. The monoisotopic (exact) mass is 174 g/mol. The molecular formula is C4H12Cl2N2O. The lowest BCUT2D eigenvalue weighted by Gasteiger charge is -2.02. The molecular weight excluding hydrogens is 163 g/mol. The van der Waals surface area contributed by atoms with Crippen molar-refractivity contribution in [1.82, 2.24) is 0 Å². The molecule has 0 amide bonds. The van der Waals surface area contributed by atoms with Crippen molar-refractivity contribution < 1.29 is 4.74 Å². The summed E-state index contributed by atoms with van der Waals surface area (Å²) >= 11 is 0. The van der Waals surface area contributed by atoms with Gasteiger partial charge in [-0.05, 0) is 0 Å². The normalized spacial score (nSPS) is 32.7. The van der Waals surface area contributed by atoms with Gasteiger partial charge in [-0.25, -0.2) is 0 Å². The Labute approximate surface area is 66.9 Å². The molecule has 9 heavy (non-hydrogen) atoms. The van der Waals surface area contributed by atoms with Gasteiger partial charge in [-0.1, -0.05) is 0 Å². The van der Waals surface area contributed by atoms with Crippen LogP contribution in [0.4, 0.5) is 0 Å². The minimum absolute atomic E-state index is 0. The Morgan fingerprint density at radius 2 is 1.33 bits per heavy atom. The molecule has 0 aliphatic carbocycles. The molecule has 0 unspecified atom stereocenters. The van der Waals surface area contributed by atoms with Crippen LogP contribution in [-0.4, -0.2) is 25.3 Å². The SMILES string of the molecule is Cl.Cl.N[C@@H]1COC[C@@H]1N. The lowest BCUT2D eigenvalue weighted by atomic mass is 10.2. The molecule has 1 rings (SSSR count). The first-order valence-electron chi connectivity index (χ1n) is 2.39. The number of ether oxygens (including phenoxy) is 1. The molecule has 1 aliphatic rings. The van der Waals surface area contributed by atoms with Crippen molar-refractivity contribution in [3.63, 3.8) is 0 Å². The van der Waals surface area contributed by atoms with Crippen molar-refractivity contribution in [3.8, 4) is 0 Å². The summed E-state index contributed by atoms with van der Waals surface area (Å²) in [4.78, 5) is 0. The lowest BCUT2D eigenvalue weighted by Crippen LogP contribution is -2.39. The van der Waals surface area contributed by atoms with E-state index >= 15 is 0 Å². The van der Waals surface area contributed by atoms with Crippen LogP contribution in [0.15, 0.2) is 0 Å². The van der Waals surface area contributed by atoms with Crippen molar-refractivity contribution in [3.05, 3.63) is 0 Å². The molecule has 0 radical (unpaired) electrons. The molecule has 5 heteroatoms. The summed E-state index contributed by atoms with van der Waals surface area (Å²) in [5.74, 6) is 0. The van der Waals surface area contributed by atoms with Crippen molar-refractivity contribution in [2.45, 2.75) is 12.1 Å². The molecule has 1 heterocycles. The zero-order chi connectivity index (χ0) is 5.28. The van der Waals surface area contributed by atoms with Gasteiger partial charge in [0.1, 0.15) is 0 Å². The fraction of sp³-hybridized carbons (Fsp3) is 1.00. The van der Waals surface area contributed by atoms with Crippen LogP contribution in [0.1, 0.15) is 0 Å². The third kappa shape index (κ3) is 3.23. The van der Waals surface area contributed by atoms with Crippen LogP contribution in [0.5, 0.6) is 0 Å². The molecule has 1 fully saturated rings. The molecule has 0 saturated carbocycles. The van der Waals surface area contributed by atoms with Gasteiger partial charge in [0.05, 0.1) is 13.2 Å². The molecule has 1 saturated heterocycles. The van der Waals surface area contributed by atoms with E-state index in [2.05, 4.69) is 0 Å². The van der Waals surface area contributed by atoms with Gasteiger partial charge in [0.15, 0.2) is 0 Å². The summed E-state index contributed by atoms with van der Waals surface area (Å²) in [7, 11) is 0. The van der Waals surface area contributed by atoms with E-state index in [1.807, 2.05) is 0 Å². The molecule has 3 nitrogen and oxygen atoms in total. The maximum atomic E-state index is 5.43. The Morgan fingerprint density at radius 1 is 1.00 bits per heavy atom. The Morgan fingerprint density at radius 3 is 1.44 bits per heavy atom. The zero-order valence-corrected chi connectivity index (χ0v) is 6.58. The van der Waals surface area contributed by atoms with Crippen LogP contribution in [0, 0.1) is 0 Å². The van der Waals surface area contributed by atoms with Crippen molar-refractivity contribution in [1.29, 1.82) is 0 Å². The van der Waals surface area contributed by atoms with E-state index in [1.165, 1.54) is 0 Å². The summed E-state index contributed by atoms with van der Waals surface area (Å²) in [6.45, 7) is 1.25. The third-order valence-electron chi connectivity index (χ3n) is 1.17. The fourth-order valence-corrected chi connectivity index (χ4v) is 0.587. The van der Waals surface area contributed by atoms with Gasteiger partial charge in [-0.15, -0.1) is 24.8 Å². The first kappa shape index (κ1) is 12.2. The van der Waals surface area contributed by atoms with Crippen LogP contribution in [-0.2, 0) is 4.74 Å². The first-order valence-corrected chi connectivity index (χ1v) is 2.39. The number of hydrogen-bond donors (Lipinski definition) is 2. The fourth-order valence-electron chi connectivity index (χ4n) is 0.587. The molecule has 4 N–H and O–H groups in total. The maximum absolute atomic E-state index is 5.43. The van der Waals surface area contributed by atoms with E-state index in [0.717, 1.165) is 0 Å². The largest absolute Gasteiger partial charge is 0.378 e. The number of nitrogens with two attached hydrogens (primary N) is 2. The highest BCUT2D eigenvalue weighted by atomic mass is 35.5. The second kappa shape index (κ2) is 5.26. The van der Waals surface area contributed by atoms with Gasteiger partial charge < -0.3 is 16.2 Å². The average Bonchev–Trinajstić information content (AvgIpc) is 1.91. The van der Waals surface area contributed by atoms with Gasteiger partial charge >= 0.3 is 0 Å². The quantitative estimate of drug-likeness (QED) is 0.522. The molecule has 0 bridgehead atoms. The number of halogens is 2. The topological polar surface area (TPSA) is 61.3 Å². The van der Waals surface area contributed by atoms with E-state index in [9.17, 15) is 0 Å². The molecule has 0 spiro atoms. The number of hydrogen-bond acceptors (Lipinski definition) is 3. The highest BCUT2D eigenvalue weighted by molar-refractivity contribution is 5.85. The highest BCUT2D eigenvalue weighted by Gasteiger charge is 2.19. The Bertz CT molecular complexity index is 65.6. The molecule has 0 aromatic rings. The zero-order valence-electron chi connectivity index (χ0n) is 4.95. The third-order valence-corrected chi connectivity index (χ3v) is 1.17. The van der Waals surface area contributed by atoms with Gasteiger partial charge in [0.25, 0.3) is 0 Å². The summed E-state index contributed by atoms with van der Waals surface area (Å²) in [6, 6.07) is 0.139. The Kier molecular flexibility index (Phi) is 7.11. The van der Waals surface area contributed by atoms with Gasteiger partial charge in [0, 0.05) is 12.1 Å². The maximum Gasteiger partial charge on any atom is 0.0634 e. The van der Waals surface area contributed by atoms with Crippen molar-refractivity contribution in [2.75, 3.05) is 13.2 Å². The summed E-state index contributed by atoms with van der Waals surface area (Å²) in [6.07, 6.45) is 0. The Hall–Kier alpha value is 0.460. The van der Waals surface area contributed by atoms with Crippen molar-refractivity contribution >= 4 is 24.8 Å². The minimum Gasteiger partial charge on any atom is -0.378 e. The molecule has 2 atom stereocenters. The van der Waals surface area contributed by atoms with Crippen LogP contribution in [0.2, 0.25) is 0 Å². The summed E-state index contributed by atoms with van der Waals surface area (Å²) < 4.78 is 4.92. The van der Waals surface area contributed by atoms with Crippen LogP contribution >= 0.6 is 24.8 Å². The van der Waals surface area contributed by atoms with Gasteiger partial charge in [-0.3, -0.25) is 0 Å². The smallest absolute Gasteiger partial charge is 0.0634 e. The van der Waals surface area contributed by atoms with Crippen LogP contribution < -0.4 is 11.5 Å². The van der Waals surface area contributed by atoms with E-state index in [4.69, 9.17) is 16.2 Å². The Balaban J connectivity index is 0. The van der Waals surface area contributed by atoms with Gasteiger partial charge in [0.2, 0.25) is 0 Å². The predicted molar refractivity (Wildman–Crippen MR) is 41.3 cm³/mol. The lowest BCUT2D eigenvalue weighted by molar-refractivity contribution is 0.191. The minimum atomic E-state index is 0. The van der Waals surface area contributed by atoms with E-state index in [1.54, 1.807) is 0 Å². The van der Waals surface area contributed by atoms with E-state index < -0.39 is 0 Å². The second-order valence-electron chi connectivity index (χ2n) is 1.87. The van der Waals surface area contributed by atoms with E-state index in [-0.39, 0.29) is 36.9 Å². The standard InChI is InChI=1S/C4H10N2O.2ClH/c5-3-1-7-2-4(3)6;;/h3-4H,1-2,5-6H2;2*1H/t3-,4+;;. The summed E-state index contributed by atoms with van der Waals surface area (Å²) in [5, 5.41) is 0. The second-order valence-corrected chi connectivity index (χ2v) is 1.87. The summed E-state index contributed by atoms with van der Waals surface area (Å²) in [5.41, 5.74) is 10.9. The first-order chi connectivity index (χ1) is 3.30. The van der Waals surface area contributed by atoms with Crippen LogP contribution in [0.25, 0.3) is 0 Å². The molecule has 1 aliphatic heterocycles. The molecule has 0 aromatic heterocycles. The highest BCUT2D eigenvalue weighted by Crippen LogP contribution is 1.97. The van der Waals surface area contributed by atoms with Gasteiger partial charge in [-0.2, -0.15) is 0 Å². The molecule has 58 valence electrons.